The van der Waals surface area contributed by atoms with Crippen LogP contribution in [0.25, 0.3) is 0 Å². The van der Waals surface area contributed by atoms with Gasteiger partial charge in [0.15, 0.2) is 0 Å². The van der Waals surface area contributed by atoms with Crippen molar-refractivity contribution in [3.8, 4) is 0 Å². The molecule has 122 valence electrons. The predicted molar refractivity (Wildman–Crippen MR) is 93.8 cm³/mol. The third kappa shape index (κ3) is 6.05. The molecule has 0 aromatic rings. The van der Waals surface area contributed by atoms with Crippen LogP contribution >= 0.6 is 0 Å². The van der Waals surface area contributed by atoms with Gasteiger partial charge in [0.25, 0.3) is 0 Å². The molecule has 0 saturated carbocycles. The smallest absolute Gasteiger partial charge is 0.303 e. The largest absolute Gasteiger partial charge is 0.481 e. The normalized spacial score (nSPS) is 20.9. The van der Waals surface area contributed by atoms with E-state index in [9.17, 15) is 4.79 Å². The van der Waals surface area contributed by atoms with Gasteiger partial charge in [-0.1, -0.05) is 62.3 Å². The van der Waals surface area contributed by atoms with E-state index in [0.29, 0.717) is 0 Å². The van der Waals surface area contributed by atoms with Crippen molar-refractivity contribution in [3.05, 3.63) is 47.1 Å². The molecule has 22 heavy (non-hydrogen) atoms. The lowest BCUT2D eigenvalue weighted by atomic mass is 9.72. The van der Waals surface area contributed by atoms with Gasteiger partial charge in [0.2, 0.25) is 0 Å². The first-order chi connectivity index (χ1) is 10.2. The molecule has 0 spiro atoms. The summed E-state index contributed by atoms with van der Waals surface area (Å²) in [6.07, 6.45) is 14.3. The van der Waals surface area contributed by atoms with Crippen molar-refractivity contribution in [3.63, 3.8) is 0 Å². The first-order valence-corrected chi connectivity index (χ1v) is 8.17. The minimum absolute atomic E-state index is 0.0627. The van der Waals surface area contributed by atoms with Crippen molar-refractivity contribution in [2.75, 3.05) is 0 Å². The van der Waals surface area contributed by atoms with Gasteiger partial charge in [-0.05, 0) is 50.0 Å². The van der Waals surface area contributed by atoms with Crippen molar-refractivity contribution in [1.29, 1.82) is 0 Å². The van der Waals surface area contributed by atoms with E-state index in [2.05, 4.69) is 39.8 Å². The zero-order valence-electron chi connectivity index (χ0n) is 14.6. The maximum Gasteiger partial charge on any atom is 0.303 e. The van der Waals surface area contributed by atoms with Crippen molar-refractivity contribution in [1.82, 2.24) is 0 Å². The van der Waals surface area contributed by atoms with Gasteiger partial charge in [-0.25, -0.2) is 0 Å². The van der Waals surface area contributed by atoms with Gasteiger partial charge in [-0.3, -0.25) is 4.79 Å². The lowest BCUT2D eigenvalue weighted by molar-refractivity contribution is -0.137. The van der Waals surface area contributed by atoms with Crippen LogP contribution in [0, 0.1) is 11.3 Å². The maximum absolute atomic E-state index is 10.6. The van der Waals surface area contributed by atoms with Crippen LogP contribution in [-0.2, 0) is 4.79 Å². The molecule has 0 heterocycles. The SMILES string of the molecule is CC1=C(/C=C/C(C)=C\C=C\C(C)CC(=O)O)C(C)(C)CCC1. The molecule has 0 saturated heterocycles. The molecule has 0 radical (unpaired) electrons. The second kappa shape index (κ2) is 8.17. The Hall–Kier alpha value is -1.57. The van der Waals surface area contributed by atoms with E-state index in [4.69, 9.17) is 5.11 Å². The Labute approximate surface area is 135 Å². The number of carboxylic acid groups (broad SMARTS) is 1. The molecule has 0 fully saturated rings. The van der Waals surface area contributed by atoms with Crippen LogP contribution in [-0.4, -0.2) is 11.1 Å². The molecular weight excluding hydrogens is 272 g/mol. The maximum atomic E-state index is 10.6. The van der Waals surface area contributed by atoms with Gasteiger partial charge in [-0.15, -0.1) is 0 Å². The second-order valence-electron chi connectivity index (χ2n) is 7.14. The minimum atomic E-state index is -0.750. The van der Waals surface area contributed by atoms with Crippen molar-refractivity contribution in [2.24, 2.45) is 11.3 Å². The van der Waals surface area contributed by atoms with Crippen molar-refractivity contribution >= 4 is 5.97 Å². The molecule has 0 aliphatic heterocycles. The third-order valence-corrected chi connectivity index (χ3v) is 4.35. The number of hydrogen-bond donors (Lipinski definition) is 1. The molecule has 2 heteroatoms. The van der Waals surface area contributed by atoms with E-state index in [1.54, 1.807) is 0 Å². The van der Waals surface area contributed by atoms with E-state index in [1.165, 1.54) is 36.0 Å². The third-order valence-electron chi connectivity index (χ3n) is 4.35. The zero-order chi connectivity index (χ0) is 16.8. The van der Waals surface area contributed by atoms with Crippen LogP contribution in [0.4, 0.5) is 0 Å². The summed E-state index contributed by atoms with van der Waals surface area (Å²) in [6.45, 7) is 10.9. The monoisotopic (exact) mass is 302 g/mol. The Kier molecular flexibility index (Phi) is 6.86. The average molecular weight is 302 g/mol. The minimum Gasteiger partial charge on any atom is -0.481 e. The fourth-order valence-electron chi connectivity index (χ4n) is 3.02. The Bertz CT molecular complexity index is 516. The Balaban J connectivity index is 2.71. The highest BCUT2D eigenvalue weighted by Gasteiger charge is 2.26. The fraction of sp³-hybridized carbons (Fsp3) is 0.550. The summed E-state index contributed by atoms with van der Waals surface area (Å²) in [5, 5.41) is 8.73. The van der Waals surface area contributed by atoms with Crippen molar-refractivity contribution in [2.45, 2.75) is 60.3 Å². The van der Waals surface area contributed by atoms with Crippen LogP contribution in [0.2, 0.25) is 0 Å². The number of carbonyl (C=O) groups is 1. The molecule has 1 aliphatic rings. The van der Waals surface area contributed by atoms with Gasteiger partial charge in [0.05, 0.1) is 6.42 Å². The van der Waals surface area contributed by atoms with E-state index >= 15 is 0 Å². The molecule has 0 aromatic carbocycles. The molecule has 1 rings (SSSR count). The average Bonchev–Trinajstić information content (AvgIpc) is 2.36. The number of aliphatic carboxylic acids is 1. The number of rotatable bonds is 6. The molecule has 0 bridgehead atoms. The lowest BCUT2D eigenvalue weighted by Gasteiger charge is -2.32. The van der Waals surface area contributed by atoms with E-state index in [0.717, 1.165) is 0 Å². The summed E-state index contributed by atoms with van der Waals surface area (Å²) in [5.74, 6) is -0.688. The van der Waals surface area contributed by atoms with Gasteiger partial charge in [-0.2, -0.15) is 0 Å². The van der Waals surface area contributed by atoms with Gasteiger partial charge in [0, 0.05) is 0 Å². The number of hydrogen-bond acceptors (Lipinski definition) is 1. The van der Waals surface area contributed by atoms with Crippen molar-refractivity contribution < 1.29 is 9.90 Å². The molecule has 2 nitrogen and oxygen atoms in total. The molecule has 1 unspecified atom stereocenters. The predicted octanol–water partition coefficient (Wildman–Crippen LogP) is 5.68. The van der Waals surface area contributed by atoms with Gasteiger partial charge in [0.1, 0.15) is 0 Å². The topological polar surface area (TPSA) is 37.3 Å². The van der Waals surface area contributed by atoms with Crippen LogP contribution in [0.15, 0.2) is 47.1 Å². The summed E-state index contributed by atoms with van der Waals surface area (Å²) < 4.78 is 0. The summed E-state index contributed by atoms with van der Waals surface area (Å²) in [7, 11) is 0. The van der Waals surface area contributed by atoms with E-state index in [-0.39, 0.29) is 17.8 Å². The van der Waals surface area contributed by atoms with E-state index in [1.807, 2.05) is 25.2 Å². The molecule has 1 aliphatic carbocycles. The fourth-order valence-corrected chi connectivity index (χ4v) is 3.02. The van der Waals surface area contributed by atoms with Crippen LogP contribution in [0.5, 0.6) is 0 Å². The summed E-state index contributed by atoms with van der Waals surface area (Å²) >= 11 is 0. The molecule has 1 atom stereocenters. The lowest BCUT2D eigenvalue weighted by Crippen LogP contribution is -2.19. The summed E-state index contributed by atoms with van der Waals surface area (Å²) in [4.78, 5) is 10.6. The number of allylic oxidation sites excluding steroid dienone is 8. The number of carboxylic acids is 1. The van der Waals surface area contributed by atoms with Crippen LogP contribution < -0.4 is 0 Å². The van der Waals surface area contributed by atoms with Gasteiger partial charge >= 0.3 is 5.97 Å². The Morgan fingerprint density at radius 3 is 2.68 bits per heavy atom. The Morgan fingerprint density at radius 2 is 2.09 bits per heavy atom. The highest BCUT2D eigenvalue weighted by Crippen LogP contribution is 2.40. The highest BCUT2D eigenvalue weighted by molar-refractivity contribution is 5.67. The summed E-state index contributed by atoms with van der Waals surface area (Å²) in [5.41, 5.74) is 4.42. The standard InChI is InChI=1S/C20H30O2/c1-15(8-6-9-16(2)14-19(21)22)11-12-18-17(3)10-7-13-20(18,4)5/h6,8-9,11-12,16H,7,10,13-14H2,1-5H3,(H,21,22)/b9-6+,12-11+,15-8-. The highest BCUT2D eigenvalue weighted by atomic mass is 16.4. The molecule has 0 amide bonds. The molecule has 0 aromatic heterocycles. The van der Waals surface area contributed by atoms with E-state index < -0.39 is 5.97 Å². The van der Waals surface area contributed by atoms with Gasteiger partial charge < -0.3 is 5.11 Å². The van der Waals surface area contributed by atoms with Crippen LogP contribution in [0.1, 0.15) is 60.3 Å². The quantitative estimate of drug-likeness (QED) is 0.641. The van der Waals surface area contributed by atoms with Crippen LogP contribution in [0.3, 0.4) is 0 Å². The second-order valence-corrected chi connectivity index (χ2v) is 7.14. The Morgan fingerprint density at radius 1 is 1.41 bits per heavy atom. The zero-order valence-corrected chi connectivity index (χ0v) is 14.6. The molecule has 1 N–H and O–H groups in total. The first-order valence-electron chi connectivity index (χ1n) is 8.17. The summed E-state index contributed by atoms with van der Waals surface area (Å²) in [6, 6.07) is 0. The molecular formula is C20H30O2. The first kappa shape index (κ1) is 18.5.